The molecule has 5 nitrogen and oxygen atoms in total. The van der Waals surface area contributed by atoms with Crippen molar-refractivity contribution in [1.82, 2.24) is 9.21 Å². The maximum atomic E-state index is 12.9. The van der Waals surface area contributed by atoms with Crippen LogP contribution in [0, 0.1) is 5.92 Å². The fraction of sp³-hybridized carbons (Fsp3) is 0.632. The molecule has 1 amide bonds. The Morgan fingerprint density at radius 2 is 1.85 bits per heavy atom. The Morgan fingerprint density at radius 1 is 1.15 bits per heavy atom. The molecule has 0 bridgehead atoms. The van der Waals surface area contributed by atoms with E-state index < -0.39 is 10.0 Å². The molecule has 3 rings (SSSR count). The van der Waals surface area contributed by atoms with E-state index in [4.69, 9.17) is 23.2 Å². The second-order valence-corrected chi connectivity index (χ2v) is 10.4. The van der Waals surface area contributed by atoms with Crippen molar-refractivity contribution in [3.05, 3.63) is 33.8 Å². The van der Waals surface area contributed by atoms with Gasteiger partial charge >= 0.3 is 0 Å². The Kier molecular flexibility index (Phi) is 6.72. The van der Waals surface area contributed by atoms with Gasteiger partial charge in [0, 0.05) is 26.2 Å². The van der Waals surface area contributed by atoms with Crippen LogP contribution in [0.3, 0.4) is 0 Å². The highest BCUT2D eigenvalue weighted by atomic mass is 35.5. The lowest BCUT2D eigenvalue weighted by atomic mass is 9.97. The number of carbonyl (C=O) groups excluding carboxylic acids is 1. The fourth-order valence-electron chi connectivity index (χ4n) is 4.09. The average Bonchev–Trinajstić information content (AvgIpc) is 3.18. The Hall–Kier alpha value is -0.820. The van der Waals surface area contributed by atoms with Gasteiger partial charge in [0.15, 0.2) is 0 Å². The van der Waals surface area contributed by atoms with Crippen molar-refractivity contribution in [2.45, 2.75) is 50.3 Å². The first-order valence-corrected chi connectivity index (χ1v) is 11.8. The van der Waals surface area contributed by atoms with E-state index in [0.29, 0.717) is 34.6 Å². The van der Waals surface area contributed by atoms with Gasteiger partial charge in [-0.15, -0.1) is 0 Å². The number of piperidine rings is 1. The van der Waals surface area contributed by atoms with Gasteiger partial charge in [0.2, 0.25) is 15.9 Å². The first kappa shape index (κ1) is 20.9. The topological polar surface area (TPSA) is 57.7 Å². The molecule has 0 N–H and O–H groups in total. The zero-order chi connectivity index (χ0) is 19.6. The average molecular weight is 433 g/mol. The van der Waals surface area contributed by atoms with Crippen molar-refractivity contribution in [3.63, 3.8) is 0 Å². The van der Waals surface area contributed by atoms with Gasteiger partial charge in [-0.3, -0.25) is 4.79 Å². The molecule has 27 heavy (non-hydrogen) atoms. The number of nitrogens with zero attached hydrogens (tertiary/aromatic N) is 2. The third-order valence-electron chi connectivity index (χ3n) is 5.68. The van der Waals surface area contributed by atoms with Crippen LogP contribution in [0.1, 0.15) is 44.1 Å². The van der Waals surface area contributed by atoms with Crippen LogP contribution in [0.25, 0.3) is 0 Å². The van der Waals surface area contributed by atoms with Crippen molar-refractivity contribution in [3.8, 4) is 0 Å². The van der Waals surface area contributed by atoms with Crippen molar-refractivity contribution < 1.29 is 13.2 Å². The molecule has 1 aromatic rings. The highest BCUT2D eigenvalue weighted by Gasteiger charge is 2.35. The largest absolute Gasteiger partial charge is 0.342 e. The molecule has 1 atom stereocenters. The first-order chi connectivity index (χ1) is 12.8. The van der Waals surface area contributed by atoms with Crippen LogP contribution >= 0.6 is 23.2 Å². The lowest BCUT2D eigenvalue weighted by Gasteiger charge is -2.35. The molecule has 2 fully saturated rings. The summed E-state index contributed by atoms with van der Waals surface area (Å²) in [6, 6.07) is 5.17. The first-order valence-electron chi connectivity index (χ1n) is 9.46. The van der Waals surface area contributed by atoms with Gasteiger partial charge in [0.05, 0.1) is 21.7 Å². The van der Waals surface area contributed by atoms with E-state index in [1.54, 1.807) is 18.2 Å². The molecule has 2 aliphatic rings. The Balaban J connectivity index is 1.66. The Labute approximate surface area is 171 Å². The molecule has 0 unspecified atom stereocenters. The van der Waals surface area contributed by atoms with Crippen LogP contribution in [-0.2, 0) is 20.6 Å². The quantitative estimate of drug-likeness (QED) is 0.707. The van der Waals surface area contributed by atoms with Crippen molar-refractivity contribution in [1.29, 1.82) is 0 Å². The van der Waals surface area contributed by atoms with Gasteiger partial charge in [0.25, 0.3) is 0 Å². The van der Waals surface area contributed by atoms with Crippen LogP contribution in [0.15, 0.2) is 18.2 Å². The highest BCUT2D eigenvalue weighted by Crippen LogP contribution is 2.28. The highest BCUT2D eigenvalue weighted by molar-refractivity contribution is 7.88. The zero-order valence-electron chi connectivity index (χ0n) is 15.5. The minimum atomic E-state index is -3.52. The summed E-state index contributed by atoms with van der Waals surface area (Å²) in [6.45, 7) is 0.722. The molecule has 1 saturated heterocycles. The van der Waals surface area contributed by atoms with Crippen LogP contribution in [-0.4, -0.2) is 49.7 Å². The van der Waals surface area contributed by atoms with Crippen LogP contribution in [0.2, 0.25) is 10.0 Å². The summed E-state index contributed by atoms with van der Waals surface area (Å²) in [6.07, 6.45) is 5.88. The van der Waals surface area contributed by atoms with E-state index >= 15 is 0 Å². The molecule has 1 heterocycles. The van der Waals surface area contributed by atoms with Gasteiger partial charge in [-0.1, -0.05) is 42.1 Å². The van der Waals surface area contributed by atoms with E-state index in [-0.39, 0.29) is 24.1 Å². The molecule has 1 aliphatic carbocycles. The number of sulfonamides is 1. The number of carbonyl (C=O) groups is 1. The minimum absolute atomic E-state index is 0.0799. The van der Waals surface area contributed by atoms with Gasteiger partial charge < -0.3 is 4.90 Å². The van der Waals surface area contributed by atoms with Gasteiger partial charge in [-0.2, -0.15) is 0 Å². The summed E-state index contributed by atoms with van der Waals surface area (Å²) < 4.78 is 27.2. The fourth-order valence-corrected chi connectivity index (χ4v) is 6.01. The SMILES string of the molecule is CN(C(=O)[C@@H]1CCCN(S(=O)(=O)Cc2ccc(Cl)c(Cl)c2)C1)C1CCCC1. The number of halogens is 2. The van der Waals surface area contributed by atoms with E-state index in [1.807, 2.05) is 11.9 Å². The molecule has 1 aromatic carbocycles. The zero-order valence-corrected chi connectivity index (χ0v) is 17.9. The van der Waals surface area contributed by atoms with E-state index in [9.17, 15) is 13.2 Å². The Bertz CT molecular complexity index is 794. The molecule has 0 aromatic heterocycles. The smallest absolute Gasteiger partial charge is 0.227 e. The number of hydrogen-bond acceptors (Lipinski definition) is 3. The minimum Gasteiger partial charge on any atom is -0.342 e. The predicted octanol–water partition coefficient (Wildman–Crippen LogP) is 3.94. The molecule has 8 heteroatoms. The van der Waals surface area contributed by atoms with Crippen molar-refractivity contribution >= 4 is 39.1 Å². The van der Waals surface area contributed by atoms with Crippen molar-refractivity contribution in [2.75, 3.05) is 20.1 Å². The van der Waals surface area contributed by atoms with Crippen molar-refractivity contribution in [2.24, 2.45) is 5.92 Å². The third kappa shape index (κ3) is 4.97. The Morgan fingerprint density at radius 3 is 2.52 bits per heavy atom. The number of rotatable bonds is 5. The maximum absolute atomic E-state index is 12.9. The predicted molar refractivity (Wildman–Crippen MR) is 108 cm³/mol. The van der Waals surface area contributed by atoms with Gasteiger partial charge in [0.1, 0.15) is 0 Å². The van der Waals surface area contributed by atoms with Crippen LogP contribution in [0.5, 0.6) is 0 Å². The second-order valence-electron chi connectivity index (χ2n) is 7.59. The standard InChI is InChI=1S/C19H26Cl2N2O3S/c1-22(16-6-2-3-7-16)19(24)15-5-4-10-23(12-15)27(25,26)13-14-8-9-17(20)18(21)11-14/h8-9,11,15-16H,2-7,10,12-13H2,1H3/t15-/m1/s1. The normalized spacial score (nSPS) is 22.1. The maximum Gasteiger partial charge on any atom is 0.227 e. The van der Waals surface area contributed by atoms with Gasteiger partial charge in [-0.25, -0.2) is 12.7 Å². The third-order valence-corrected chi connectivity index (χ3v) is 8.24. The summed E-state index contributed by atoms with van der Waals surface area (Å²) in [5.41, 5.74) is 0.598. The van der Waals surface area contributed by atoms with Crippen LogP contribution < -0.4 is 0 Å². The second kappa shape index (κ2) is 8.68. The molecule has 0 radical (unpaired) electrons. The monoisotopic (exact) mass is 432 g/mol. The van der Waals surface area contributed by atoms with Crippen LogP contribution in [0.4, 0.5) is 0 Å². The number of benzene rings is 1. The number of hydrogen-bond donors (Lipinski definition) is 0. The van der Waals surface area contributed by atoms with E-state index in [0.717, 1.165) is 32.1 Å². The summed E-state index contributed by atoms with van der Waals surface area (Å²) in [4.78, 5) is 14.7. The molecule has 0 spiro atoms. The lowest BCUT2D eigenvalue weighted by molar-refractivity contribution is -0.137. The van der Waals surface area contributed by atoms with E-state index in [1.165, 1.54) is 4.31 Å². The molecular formula is C19H26Cl2N2O3S. The molecule has 150 valence electrons. The summed E-state index contributed by atoms with van der Waals surface area (Å²) in [7, 11) is -1.65. The lowest BCUT2D eigenvalue weighted by Crippen LogP contribution is -2.48. The number of amides is 1. The van der Waals surface area contributed by atoms with E-state index in [2.05, 4.69) is 0 Å². The van der Waals surface area contributed by atoms with Gasteiger partial charge in [-0.05, 0) is 43.4 Å². The molecule has 1 aliphatic heterocycles. The summed E-state index contributed by atoms with van der Waals surface area (Å²) in [5, 5.41) is 0.741. The summed E-state index contributed by atoms with van der Waals surface area (Å²) >= 11 is 11.9. The molecular weight excluding hydrogens is 407 g/mol. The summed E-state index contributed by atoms with van der Waals surface area (Å²) in [5.74, 6) is -0.312. The molecule has 1 saturated carbocycles.